The third-order valence-corrected chi connectivity index (χ3v) is 5.59. The molecule has 140 valence electrons. The topological polar surface area (TPSA) is 60.2 Å². The summed E-state index contributed by atoms with van der Waals surface area (Å²) < 4.78 is 18.6. The number of ether oxygens (including phenoxy) is 1. The lowest BCUT2D eigenvalue weighted by atomic mass is 10.1. The van der Waals surface area contributed by atoms with Crippen LogP contribution in [-0.2, 0) is 19.8 Å². The fraction of sp³-hybridized carbons (Fsp3) is 0.286. The van der Waals surface area contributed by atoms with E-state index in [4.69, 9.17) is 10.5 Å². The number of nitrogen functional groups attached to an aromatic ring is 1. The molecule has 4 rings (SSSR count). The molecule has 1 fully saturated rings. The second kappa shape index (κ2) is 8.06. The maximum Gasteiger partial charge on any atom is 0.180 e. The molecule has 1 aliphatic carbocycles. The fourth-order valence-electron chi connectivity index (χ4n) is 3.21. The lowest BCUT2D eigenvalue weighted by Gasteiger charge is -2.08. The largest absolute Gasteiger partial charge is 0.489 e. The maximum atomic E-state index is 12.7. The van der Waals surface area contributed by atoms with Crippen LogP contribution in [0.15, 0.2) is 54.7 Å². The first kappa shape index (κ1) is 17.9. The van der Waals surface area contributed by atoms with Gasteiger partial charge in [-0.3, -0.25) is 0 Å². The van der Waals surface area contributed by atoms with Crippen molar-refractivity contribution in [2.75, 3.05) is 5.73 Å². The van der Waals surface area contributed by atoms with Gasteiger partial charge in [-0.2, -0.15) is 0 Å². The molecule has 0 bridgehead atoms. The summed E-state index contributed by atoms with van der Waals surface area (Å²) in [7, 11) is 0. The second-order valence-corrected chi connectivity index (χ2v) is 7.95. The lowest BCUT2D eigenvalue weighted by Crippen LogP contribution is -2.16. The minimum absolute atomic E-state index is 0.443. The summed E-state index contributed by atoms with van der Waals surface area (Å²) in [5, 5.41) is 4.18. The van der Waals surface area contributed by atoms with E-state index in [1.165, 1.54) is 21.8 Å². The van der Waals surface area contributed by atoms with E-state index >= 15 is 0 Å². The number of nitrogens with zero attached hydrogens (tertiary/aromatic N) is 1. The van der Waals surface area contributed by atoms with Crippen molar-refractivity contribution in [1.82, 2.24) is 10.3 Å². The molecular weight excluding hydrogens is 361 g/mol. The van der Waals surface area contributed by atoms with Crippen molar-refractivity contribution in [2.45, 2.75) is 38.2 Å². The summed E-state index contributed by atoms with van der Waals surface area (Å²) in [5.41, 5.74) is 8.64. The van der Waals surface area contributed by atoms with Crippen LogP contribution in [0, 0.1) is 0 Å². The second-order valence-electron chi connectivity index (χ2n) is 6.81. The molecule has 27 heavy (non-hydrogen) atoms. The zero-order valence-corrected chi connectivity index (χ0v) is 15.7. The first-order chi connectivity index (χ1) is 13.2. The number of thiazole rings is 1. The maximum absolute atomic E-state index is 12.7. The highest BCUT2D eigenvalue weighted by Crippen LogP contribution is 2.41. The Morgan fingerprint density at radius 1 is 1.19 bits per heavy atom. The van der Waals surface area contributed by atoms with Gasteiger partial charge in [-0.25, -0.2) is 9.37 Å². The van der Waals surface area contributed by atoms with Crippen LogP contribution in [0.25, 0.3) is 0 Å². The van der Waals surface area contributed by atoms with E-state index in [9.17, 15) is 4.39 Å². The number of aromatic nitrogens is 1. The third kappa shape index (κ3) is 4.64. The van der Waals surface area contributed by atoms with Gasteiger partial charge < -0.3 is 15.8 Å². The molecule has 0 spiro atoms. The fourth-order valence-corrected chi connectivity index (χ4v) is 3.84. The number of anilines is 1. The van der Waals surface area contributed by atoms with Crippen LogP contribution < -0.4 is 15.8 Å². The third-order valence-electron chi connectivity index (χ3n) is 4.76. The van der Waals surface area contributed by atoms with Gasteiger partial charge in [0.05, 0.1) is 0 Å². The lowest BCUT2D eigenvalue weighted by molar-refractivity contribution is 0.306. The molecule has 0 unspecified atom stereocenters. The molecule has 0 radical (unpaired) electrons. The van der Waals surface area contributed by atoms with Crippen LogP contribution in [0.3, 0.4) is 0 Å². The number of benzene rings is 2. The molecule has 2 aromatic carbocycles. The average Bonchev–Trinajstić information content (AvgIpc) is 3.37. The summed E-state index contributed by atoms with van der Waals surface area (Å²) >= 11 is 1.53. The summed E-state index contributed by atoms with van der Waals surface area (Å²) in [6.45, 7) is 0.809. The minimum Gasteiger partial charge on any atom is -0.489 e. The Labute approximate surface area is 162 Å². The van der Waals surface area contributed by atoms with E-state index in [0.29, 0.717) is 29.3 Å². The van der Waals surface area contributed by atoms with Crippen LogP contribution in [0.1, 0.15) is 33.9 Å². The van der Waals surface area contributed by atoms with Crippen molar-refractivity contribution in [3.8, 4) is 5.75 Å². The van der Waals surface area contributed by atoms with Gasteiger partial charge in [-0.15, -0.1) is 11.3 Å². The molecule has 0 aliphatic heterocycles. The number of nitrogens with one attached hydrogen (secondary N) is 1. The molecule has 6 heteroatoms. The first-order valence-corrected chi connectivity index (χ1v) is 9.83. The Hall–Kier alpha value is -2.44. The van der Waals surface area contributed by atoms with Crippen molar-refractivity contribution < 1.29 is 9.13 Å². The van der Waals surface area contributed by atoms with Crippen molar-refractivity contribution in [2.24, 2.45) is 0 Å². The monoisotopic (exact) mass is 383 g/mol. The molecule has 0 saturated heterocycles. The Morgan fingerprint density at radius 3 is 2.74 bits per heavy atom. The Bertz CT molecular complexity index is 896. The molecule has 3 aromatic rings. The van der Waals surface area contributed by atoms with Gasteiger partial charge in [0.2, 0.25) is 0 Å². The number of hydrogen-bond donors (Lipinski definition) is 2. The van der Waals surface area contributed by atoms with Gasteiger partial charge in [0.15, 0.2) is 5.13 Å². The molecule has 0 amide bonds. The van der Waals surface area contributed by atoms with Crippen molar-refractivity contribution in [3.05, 3.63) is 76.3 Å². The summed E-state index contributed by atoms with van der Waals surface area (Å²) in [6, 6.07) is 16.2. The van der Waals surface area contributed by atoms with E-state index in [0.717, 1.165) is 24.3 Å². The highest BCUT2D eigenvalue weighted by molar-refractivity contribution is 7.15. The first-order valence-electron chi connectivity index (χ1n) is 9.01. The molecule has 1 aliphatic rings. The van der Waals surface area contributed by atoms with Gasteiger partial charge in [0.25, 0.3) is 0 Å². The summed E-state index contributed by atoms with van der Waals surface area (Å²) in [5.74, 6) is 1.38. The quantitative estimate of drug-likeness (QED) is 0.605. The van der Waals surface area contributed by atoms with Gasteiger partial charge in [0.1, 0.15) is 19.0 Å². The number of rotatable bonds is 8. The van der Waals surface area contributed by atoms with Crippen LogP contribution in [-0.4, -0.2) is 11.0 Å². The molecular formula is C21H22FN3OS. The van der Waals surface area contributed by atoms with Gasteiger partial charge in [-0.05, 0) is 41.3 Å². The molecule has 3 N–H and O–H groups in total. The average molecular weight is 383 g/mol. The Kier molecular flexibility index (Phi) is 5.36. The number of nitrogens with two attached hydrogens (primary N) is 1. The van der Waals surface area contributed by atoms with Crippen molar-refractivity contribution in [1.29, 1.82) is 0 Å². The molecule has 2 atom stereocenters. The highest BCUT2D eigenvalue weighted by atomic mass is 32.1. The smallest absolute Gasteiger partial charge is 0.180 e. The van der Waals surface area contributed by atoms with Gasteiger partial charge in [-0.1, -0.05) is 30.3 Å². The van der Waals surface area contributed by atoms with E-state index in [2.05, 4.69) is 22.4 Å². The Balaban J connectivity index is 1.26. The number of alkyl halides is 1. The van der Waals surface area contributed by atoms with E-state index in [-0.39, 0.29) is 0 Å². The molecule has 4 nitrogen and oxygen atoms in total. The van der Waals surface area contributed by atoms with E-state index < -0.39 is 6.67 Å². The van der Waals surface area contributed by atoms with Crippen molar-refractivity contribution in [3.63, 3.8) is 0 Å². The Morgan fingerprint density at radius 2 is 2.00 bits per heavy atom. The van der Waals surface area contributed by atoms with E-state index in [1.807, 2.05) is 36.5 Å². The predicted molar refractivity (Wildman–Crippen MR) is 107 cm³/mol. The summed E-state index contributed by atoms with van der Waals surface area (Å²) in [4.78, 5) is 5.24. The normalized spacial score (nSPS) is 18.4. The zero-order valence-electron chi connectivity index (χ0n) is 14.9. The van der Waals surface area contributed by atoms with Gasteiger partial charge in [0, 0.05) is 29.6 Å². The molecule has 1 saturated carbocycles. The van der Waals surface area contributed by atoms with Gasteiger partial charge >= 0.3 is 0 Å². The molecule has 1 aromatic heterocycles. The predicted octanol–water partition coefficient (Wildman–Crippen LogP) is 4.42. The standard InChI is InChI=1S/C21H22FN3OS/c22-10-14-2-1-3-15(8-14)13-26-17-6-4-16(5-7-17)19-9-20(19)24-11-18-12-25-21(23)27-18/h1-8,12,19-20,24H,9-11,13H2,(H2,23,25)/t19-,20+/m1/s1. The zero-order chi connectivity index (χ0) is 18.6. The van der Waals surface area contributed by atoms with Crippen LogP contribution in [0.4, 0.5) is 9.52 Å². The number of hydrogen-bond acceptors (Lipinski definition) is 5. The summed E-state index contributed by atoms with van der Waals surface area (Å²) in [6.07, 6.45) is 2.98. The van der Waals surface area contributed by atoms with Crippen molar-refractivity contribution >= 4 is 16.5 Å². The minimum atomic E-state index is -0.449. The van der Waals surface area contributed by atoms with Crippen LogP contribution in [0.5, 0.6) is 5.75 Å². The molecule has 1 heterocycles. The SMILES string of the molecule is Nc1ncc(CN[C@H]2C[C@@H]2c2ccc(OCc3cccc(CF)c3)cc2)s1. The van der Waals surface area contributed by atoms with E-state index in [1.54, 1.807) is 6.07 Å². The van der Waals surface area contributed by atoms with Crippen LogP contribution in [0.2, 0.25) is 0 Å². The number of halogens is 1. The van der Waals surface area contributed by atoms with Crippen LogP contribution >= 0.6 is 11.3 Å². The highest BCUT2D eigenvalue weighted by Gasteiger charge is 2.37.